The molecule has 0 saturated carbocycles. The molecule has 0 saturated heterocycles. The van der Waals surface area contributed by atoms with Crippen LogP contribution in [0.25, 0.3) is 0 Å². The Bertz CT molecular complexity index is 319. The standard InChI is InChI=1S/C10H18N4S/c1-4-5-12-10(11-3)14-7-9-13-6-8(2)15-9/h6H,4-5,7H2,1-3H3,(H2,11,12,14). The van der Waals surface area contributed by atoms with E-state index in [1.807, 2.05) is 6.20 Å². The van der Waals surface area contributed by atoms with Gasteiger partial charge in [-0.2, -0.15) is 0 Å². The maximum Gasteiger partial charge on any atom is 0.191 e. The smallest absolute Gasteiger partial charge is 0.191 e. The fraction of sp³-hybridized carbons (Fsp3) is 0.600. The zero-order valence-corrected chi connectivity index (χ0v) is 10.3. The molecular formula is C10H18N4S. The van der Waals surface area contributed by atoms with Crippen LogP contribution in [0.2, 0.25) is 0 Å². The van der Waals surface area contributed by atoms with E-state index in [9.17, 15) is 0 Å². The number of hydrogen-bond donors (Lipinski definition) is 2. The lowest BCUT2D eigenvalue weighted by atomic mass is 10.5. The largest absolute Gasteiger partial charge is 0.356 e. The van der Waals surface area contributed by atoms with Gasteiger partial charge in [-0.1, -0.05) is 6.92 Å². The fourth-order valence-electron chi connectivity index (χ4n) is 1.11. The topological polar surface area (TPSA) is 49.3 Å². The van der Waals surface area contributed by atoms with E-state index in [4.69, 9.17) is 0 Å². The average Bonchev–Trinajstić information content (AvgIpc) is 2.65. The first-order chi connectivity index (χ1) is 7.26. The third-order valence-corrected chi connectivity index (χ3v) is 2.76. The fourth-order valence-corrected chi connectivity index (χ4v) is 1.83. The lowest BCUT2D eigenvalue weighted by Gasteiger charge is -2.09. The van der Waals surface area contributed by atoms with Crippen molar-refractivity contribution in [3.63, 3.8) is 0 Å². The molecule has 0 aliphatic rings. The minimum atomic E-state index is 0.738. The monoisotopic (exact) mass is 226 g/mol. The average molecular weight is 226 g/mol. The highest BCUT2D eigenvalue weighted by Gasteiger charge is 2.00. The van der Waals surface area contributed by atoms with Crippen LogP contribution < -0.4 is 10.6 Å². The predicted molar refractivity (Wildman–Crippen MR) is 65.3 cm³/mol. The molecule has 4 nitrogen and oxygen atoms in total. The van der Waals surface area contributed by atoms with Crippen LogP contribution in [-0.2, 0) is 6.54 Å². The summed E-state index contributed by atoms with van der Waals surface area (Å²) in [5.41, 5.74) is 0. The van der Waals surface area contributed by atoms with Gasteiger partial charge in [-0.25, -0.2) is 4.98 Å². The van der Waals surface area contributed by atoms with Gasteiger partial charge in [0.2, 0.25) is 0 Å². The molecule has 5 heteroatoms. The molecule has 0 aliphatic carbocycles. The number of thiazole rings is 1. The quantitative estimate of drug-likeness (QED) is 0.604. The van der Waals surface area contributed by atoms with Crippen LogP contribution in [-0.4, -0.2) is 24.5 Å². The number of aliphatic imine (C=N–C) groups is 1. The van der Waals surface area contributed by atoms with Crippen LogP contribution in [0, 0.1) is 6.92 Å². The van der Waals surface area contributed by atoms with Gasteiger partial charge in [0.25, 0.3) is 0 Å². The number of rotatable bonds is 4. The van der Waals surface area contributed by atoms with Gasteiger partial charge in [0.05, 0.1) is 6.54 Å². The van der Waals surface area contributed by atoms with Gasteiger partial charge in [0.15, 0.2) is 5.96 Å². The van der Waals surface area contributed by atoms with E-state index in [2.05, 4.69) is 34.5 Å². The number of nitrogens with zero attached hydrogens (tertiary/aromatic N) is 2. The predicted octanol–water partition coefficient (Wildman–Crippen LogP) is 1.53. The molecule has 1 heterocycles. The highest BCUT2D eigenvalue weighted by molar-refractivity contribution is 7.11. The van der Waals surface area contributed by atoms with Gasteiger partial charge in [0, 0.05) is 24.7 Å². The zero-order chi connectivity index (χ0) is 11.1. The van der Waals surface area contributed by atoms with Crippen LogP contribution in [0.5, 0.6) is 0 Å². The Labute approximate surface area is 94.8 Å². The molecule has 0 aliphatic heterocycles. The number of guanidine groups is 1. The number of nitrogens with one attached hydrogen (secondary N) is 2. The molecule has 84 valence electrons. The Kier molecular flexibility index (Phi) is 5.10. The molecule has 1 rings (SSSR count). The number of aromatic nitrogens is 1. The summed E-state index contributed by atoms with van der Waals surface area (Å²) in [6, 6.07) is 0. The summed E-state index contributed by atoms with van der Waals surface area (Å²) in [6.07, 6.45) is 2.99. The van der Waals surface area contributed by atoms with E-state index in [-0.39, 0.29) is 0 Å². The molecular weight excluding hydrogens is 208 g/mol. The van der Waals surface area contributed by atoms with Crippen LogP contribution in [0.3, 0.4) is 0 Å². The summed E-state index contributed by atoms with van der Waals surface area (Å²) in [5.74, 6) is 0.838. The number of aryl methyl sites for hydroxylation is 1. The second-order valence-corrected chi connectivity index (χ2v) is 4.54. The van der Waals surface area contributed by atoms with Crippen molar-refractivity contribution in [2.45, 2.75) is 26.8 Å². The molecule has 2 N–H and O–H groups in total. The first kappa shape index (κ1) is 12.0. The van der Waals surface area contributed by atoms with Crippen molar-refractivity contribution in [2.75, 3.05) is 13.6 Å². The van der Waals surface area contributed by atoms with E-state index in [0.717, 1.165) is 30.5 Å². The Hall–Kier alpha value is -1.10. The molecule has 0 spiro atoms. The maximum absolute atomic E-state index is 4.28. The van der Waals surface area contributed by atoms with E-state index in [1.165, 1.54) is 4.88 Å². The summed E-state index contributed by atoms with van der Waals surface area (Å²) in [6.45, 7) is 5.87. The molecule has 0 aromatic carbocycles. The molecule has 1 aromatic rings. The Morgan fingerprint density at radius 2 is 2.33 bits per heavy atom. The van der Waals surface area contributed by atoms with Gasteiger partial charge >= 0.3 is 0 Å². The van der Waals surface area contributed by atoms with E-state index >= 15 is 0 Å². The molecule has 0 amide bonds. The molecule has 0 atom stereocenters. The van der Waals surface area contributed by atoms with Gasteiger partial charge in [-0.3, -0.25) is 4.99 Å². The minimum Gasteiger partial charge on any atom is -0.356 e. The molecule has 15 heavy (non-hydrogen) atoms. The molecule has 0 unspecified atom stereocenters. The van der Waals surface area contributed by atoms with E-state index < -0.39 is 0 Å². The highest BCUT2D eigenvalue weighted by Crippen LogP contribution is 2.10. The van der Waals surface area contributed by atoms with Crippen molar-refractivity contribution in [3.05, 3.63) is 16.1 Å². The second-order valence-electron chi connectivity index (χ2n) is 3.22. The minimum absolute atomic E-state index is 0.738. The van der Waals surface area contributed by atoms with Crippen molar-refractivity contribution in [3.8, 4) is 0 Å². The van der Waals surface area contributed by atoms with Gasteiger partial charge < -0.3 is 10.6 Å². The first-order valence-electron chi connectivity index (χ1n) is 5.12. The third-order valence-electron chi connectivity index (χ3n) is 1.84. The lowest BCUT2D eigenvalue weighted by molar-refractivity contribution is 0.779. The summed E-state index contributed by atoms with van der Waals surface area (Å²) in [5, 5.41) is 7.52. The molecule has 1 aromatic heterocycles. The van der Waals surface area contributed by atoms with Crippen LogP contribution in [0.15, 0.2) is 11.2 Å². The summed E-state index contributed by atoms with van der Waals surface area (Å²) >= 11 is 1.71. The summed E-state index contributed by atoms with van der Waals surface area (Å²) in [4.78, 5) is 9.63. The SMILES string of the molecule is CCCNC(=NC)NCc1ncc(C)s1. The Balaban J connectivity index is 2.34. The Morgan fingerprint density at radius 1 is 1.53 bits per heavy atom. The Morgan fingerprint density at radius 3 is 2.87 bits per heavy atom. The lowest BCUT2D eigenvalue weighted by Crippen LogP contribution is -2.37. The number of hydrogen-bond acceptors (Lipinski definition) is 3. The van der Waals surface area contributed by atoms with Crippen molar-refractivity contribution in [1.29, 1.82) is 0 Å². The van der Waals surface area contributed by atoms with E-state index in [0.29, 0.717) is 0 Å². The van der Waals surface area contributed by atoms with Crippen molar-refractivity contribution in [2.24, 2.45) is 4.99 Å². The van der Waals surface area contributed by atoms with Crippen LogP contribution in [0.1, 0.15) is 23.2 Å². The van der Waals surface area contributed by atoms with Crippen molar-refractivity contribution in [1.82, 2.24) is 15.6 Å². The first-order valence-corrected chi connectivity index (χ1v) is 5.93. The normalized spacial score (nSPS) is 11.5. The van der Waals surface area contributed by atoms with E-state index in [1.54, 1.807) is 18.4 Å². The zero-order valence-electron chi connectivity index (χ0n) is 9.50. The van der Waals surface area contributed by atoms with Gasteiger partial charge in [0.1, 0.15) is 5.01 Å². The van der Waals surface area contributed by atoms with Crippen LogP contribution >= 0.6 is 11.3 Å². The molecule has 0 radical (unpaired) electrons. The summed E-state index contributed by atoms with van der Waals surface area (Å²) < 4.78 is 0. The van der Waals surface area contributed by atoms with Crippen molar-refractivity contribution >= 4 is 17.3 Å². The third kappa shape index (κ3) is 4.29. The maximum atomic E-state index is 4.28. The molecule has 0 bridgehead atoms. The van der Waals surface area contributed by atoms with Crippen LogP contribution in [0.4, 0.5) is 0 Å². The summed E-state index contributed by atoms with van der Waals surface area (Å²) in [7, 11) is 1.78. The second kappa shape index (κ2) is 6.40. The molecule has 0 fully saturated rings. The van der Waals surface area contributed by atoms with Gasteiger partial charge in [-0.15, -0.1) is 11.3 Å². The van der Waals surface area contributed by atoms with Gasteiger partial charge in [-0.05, 0) is 13.3 Å². The van der Waals surface area contributed by atoms with Crippen molar-refractivity contribution < 1.29 is 0 Å². The highest BCUT2D eigenvalue weighted by atomic mass is 32.1.